The topological polar surface area (TPSA) is 84.7 Å². The van der Waals surface area contributed by atoms with Crippen molar-refractivity contribution in [1.29, 1.82) is 0 Å². The van der Waals surface area contributed by atoms with Crippen LogP contribution in [0.15, 0.2) is 6.20 Å². The normalized spacial score (nSPS) is 26.0. The minimum Gasteiger partial charge on any atom is -0.481 e. The van der Waals surface area contributed by atoms with Crippen LogP contribution in [0.3, 0.4) is 0 Å². The molecule has 3 fully saturated rings. The van der Waals surface area contributed by atoms with E-state index in [1.165, 1.54) is 0 Å². The maximum absolute atomic E-state index is 12.9. The SMILES string of the molecule is Cc1c(C(=O)N2CCC3(CC2)CC3C(=O)O)cnn1C1CCOCC1. The lowest BCUT2D eigenvalue weighted by Crippen LogP contribution is -2.40. The Morgan fingerprint density at radius 2 is 1.96 bits per heavy atom. The first-order chi connectivity index (χ1) is 12.0. The van der Waals surface area contributed by atoms with Crippen molar-refractivity contribution >= 4 is 11.9 Å². The predicted octanol–water partition coefficient (Wildman–Crippen LogP) is 1.87. The summed E-state index contributed by atoms with van der Waals surface area (Å²) in [5.74, 6) is -0.866. The standard InChI is InChI=1S/C18H25N3O4/c1-12-14(11-19-21(12)13-2-8-25-9-3-13)16(22)20-6-4-18(5-7-20)10-15(18)17(23)24/h11,13,15H,2-10H2,1H3,(H,23,24). The number of carboxylic acids is 1. The molecule has 0 aromatic carbocycles. The molecule has 7 heteroatoms. The Kier molecular flexibility index (Phi) is 4.06. The van der Waals surface area contributed by atoms with Crippen LogP contribution in [-0.4, -0.2) is 58.0 Å². The van der Waals surface area contributed by atoms with Crippen LogP contribution in [0.2, 0.25) is 0 Å². The van der Waals surface area contributed by atoms with Crippen molar-refractivity contribution in [3.63, 3.8) is 0 Å². The van der Waals surface area contributed by atoms with Gasteiger partial charge < -0.3 is 14.7 Å². The number of hydrogen-bond donors (Lipinski definition) is 1. The molecule has 0 radical (unpaired) electrons. The minimum atomic E-state index is -0.687. The Morgan fingerprint density at radius 1 is 1.28 bits per heavy atom. The molecule has 7 nitrogen and oxygen atoms in total. The van der Waals surface area contributed by atoms with E-state index >= 15 is 0 Å². The van der Waals surface area contributed by atoms with Gasteiger partial charge in [0.15, 0.2) is 0 Å². The van der Waals surface area contributed by atoms with Crippen LogP contribution in [0.25, 0.3) is 0 Å². The maximum Gasteiger partial charge on any atom is 0.307 e. The Bertz CT molecular complexity index is 684. The summed E-state index contributed by atoms with van der Waals surface area (Å²) in [5, 5.41) is 13.7. The van der Waals surface area contributed by atoms with Crippen LogP contribution in [0.5, 0.6) is 0 Å². The van der Waals surface area contributed by atoms with Gasteiger partial charge in [-0.05, 0) is 44.4 Å². The van der Waals surface area contributed by atoms with Crippen molar-refractivity contribution in [3.05, 3.63) is 17.5 Å². The summed E-state index contributed by atoms with van der Waals surface area (Å²) in [4.78, 5) is 25.9. The molecule has 136 valence electrons. The fourth-order valence-electron chi connectivity index (χ4n) is 4.51. The highest BCUT2D eigenvalue weighted by Gasteiger charge is 2.59. The van der Waals surface area contributed by atoms with E-state index in [0.29, 0.717) is 24.7 Å². The van der Waals surface area contributed by atoms with Gasteiger partial charge in [-0.15, -0.1) is 0 Å². The molecule has 1 spiro atoms. The summed E-state index contributed by atoms with van der Waals surface area (Å²) >= 11 is 0. The molecule has 1 aromatic heterocycles. The van der Waals surface area contributed by atoms with E-state index in [4.69, 9.17) is 4.74 Å². The fourth-order valence-corrected chi connectivity index (χ4v) is 4.51. The number of hydrogen-bond acceptors (Lipinski definition) is 4. The highest BCUT2D eigenvalue weighted by molar-refractivity contribution is 5.95. The van der Waals surface area contributed by atoms with Gasteiger partial charge in [0.1, 0.15) is 0 Å². The number of aliphatic carboxylic acids is 1. The molecule has 1 atom stereocenters. The molecule has 0 bridgehead atoms. The second kappa shape index (κ2) is 6.12. The zero-order valence-corrected chi connectivity index (χ0v) is 14.6. The number of ether oxygens (including phenoxy) is 1. The van der Waals surface area contributed by atoms with Crippen molar-refractivity contribution in [2.24, 2.45) is 11.3 Å². The molecule has 4 rings (SSSR count). The van der Waals surface area contributed by atoms with Gasteiger partial charge in [0, 0.05) is 32.0 Å². The summed E-state index contributed by atoms with van der Waals surface area (Å²) in [6, 6.07) is 0.308. The van der Waals surface area contributed by atoms with Gasteiger partial charge in [0.25, 0.3) is 5.91 Å². The molecule has 1 aliphatic carbocycles. The molecule has 1 saturated carbocycles. The third-order valence-electron chi connectivity index (χ3n) is 6.35. The molecule has 1 aromatic rings. The van der Waals surface area contributed by atoms with Gasteiger partial charge in [-0.3, -0.25) is 14.3 Å². The molecule has 2 aliphatic heterocycles. The number of aromatic nitrogens is 2. The van der Waals surface area contributed by atoms with Gasteiger partial charge >= 0.3 is 5.97 Å². The van der Waals surface area contributed by atoms with E-state index in [-0.39, 0.29) is 17.2 Å². The lowest BCUT2D eigenvalue weighted by Gasteiger charge is -2.32. The van der Waals surface area contributed by atoms with Crippen molar-refractivity contribution in [2.75, 3.05) is 26.3 Å². The molecule has 1 unspecified atom stereocenters. The van der Waals surface area contributed by atoms with E-state index in [9.17, 15) is 14.7 Å². The Balaban J connectivity index is 1.42. The van der Waals surface area contributed by atoms with Crippen LogP contribution in [-0.2, 0) is 9.53 Å². The predicted molar refractivity (Wildman–Crippen MR) is 89.4 cm³/mol. The van der Waals surface area contributed by atoms with E-state index in [1.807, 2.05) is 16.5 Å². The summed E-state index contributed by atoms with van der Waals surface area (Å²) in [7, 11) is 0. The van der Waals surface area contributed by atoms with E-state index in [2.05, 4.69) is 5.10 Å². The van der Waals surface area contributed by atoms with Crippen LogP contribution in [0.4, 0.5) is 0 Å². The van der Waals surface area contributed by atoms with Crippen molar-refractivity contribution in [3.8, 4) is 0 Å². The first-order valence-corrected chi connectivity index (χ1v) is 9.16. The Morgan fingerprint density at radius 3 is 2.56 bits per heavy atom. The van der Waals surface area contributed by atoms with Crippen LogP contribution >= 0.6 is 0 Å². The number of carbonyl (C=O) groups is 2. The van der Waals surface area contributed by atoms with Crippen LogP contribution < -0.4 is 0 Å². The van der Waals surface area contributed by atoms with Crippen molar-refractivity contribution in [2.45, 2.75) is 45.1 Å². The summed E-state index contributed by atoms with van der Waals surface area (Å²) in [6.07, 6.45) is 5.91. The number of carboxylic acid groups (broad SMARTS) is 1. The first kappa shape index (κ1) is 16.6. The van der Waals surface area contributed by atoms with Crippen molar-refractivity contribution < 1.29 is 19.4 Å². The van der Waals surface area contributed by atoms with Crippen LogP contribution in [0.1, 0.15) is 54.2 Å². The van der Waals surface area contributed by atoms with Crippen LogP contribution in [0, 0.1) is 18.3 Å². The van der Waals surface area contributed by atoms with Gasteiger partial charge in [0.2, 0.25) is 0 Å². The summed E-state index contributed by atoms with van der Waals surface area (Å²) in [6.45, 7) is 4.73. The zero-order chi connectivity index (χ0) is 17.6. The largest absolute Gasteiger partial charge is 0.481 e. The Labute approximate surface area is 146 Å². The fraction of sp³-hybridized carbons (Fsp3) is 0.722. The quantitative estimate of drug-likeness (QED) is 0.902. The van der Waals surface area contributed by atoms with Gasteiger partial charge in [0.05, 0.1) is 23.7 Å². The zero-order valence-electron chi connectivity index (χ0n) is 14.6. The highest BCUT2D eigenvalue weighted by atomic mass is 16.5. The molecule has 3 aliphatic rings. The lowest BCUT2D eigenvalue weighted by atomic mass is 9.90. The van der Waals surface area contributed by atoms with Gasteiger partial charge in [-0.2, -0.15) is 5.10 Å². The van der Waals surface area contributed by atoms with E-state index in [1.54, 1.807) is 6.20 Å². The lowest BCUT2D eigenvalue weighted by molar-refractivity contribution is -0.139. The Hall–Kier alpha value is -1.89. The average molecular weight is 347 g/mol. The minimum absolute atomic E-state index is 0.0261. The molecule has 25 heavy (non-hydrogen) atoms. The summed E-state index contributed by atoms with van der Waals surface area (Å²) in [5.41, 5.74) is 1.55. The third kappa shape index (κ3) is 2.84. The number of piperidine rings is 1. The number of rotatable bonds is 3. The smallest absolute Gasteiger partial charge is 0.307 e. The van der Waals surface area contributed by atoms with E-state index in [0.717, 1.165) is 51.0 Å². The number of carbonyl (C=O) groups excluding carboxylic acids is 1. The number of amides is 1. The number of nitrogens with zero attached hydrogens (tertiary/aromatic N) is 3. The molecule has 3 heterocycles. The second-order valence-electron chi connectivity index (χ2n) is 7.68. The maximum atomic E-state index is 12.9. The molecular weight excluding hydrogens is 322 g/mol. The number of likely N-dealkylation sites (tertiary alicyclic amines) is 1. The monoisotopic (exact) mass is 347 g/mol. The van der Waals surface area contributed by atoms with Gasteiger partial charge in [-0.25, -0.2) is 0 Å². The molecule has 1 amide bonds. The van der Waals surface area contributed by atoms with E-state index < -0.39 is 5.97 Å². The molecular formula is C18H25N3O4. The van der Waals surface area contributed by atoms with Crippen molar-refractivity contribution in [1.82, 2.24) is 14.7 Å². The van der Waals surface area contributed by atoms with Gasteiger partial charge in [-0.1, -0.05) is 0 Å². The highest BCUT2D eigenvalue weighted by Crippen LogP contribution is 2.59. The first-order valence-electron chi connectivity index (χ1n) is 9.16. The second-order valence-corrected chi connectivity index (χ2v) is 7.68. The molecule has 1 N–H and O–H groups in total. The molecule has 2 saturated heterocycles. The third-order valence-corrected chi connectivity index (χ3v) is 6.35. The average Bonchev–Trinajstić information content (AvgIpc) is 3.19. The summed E-state index contributed by atoms with van der Waals surface area (Å²) < 4.78 is 7.38.